The summed E-state index contributed by atoms with van der Waals surface area (Å²) in [7, 11) is 0. The Hall–Kier alpha value is -2.35. The van der Waals surface area contributed by atoms with Crippen molar-refractivity contribution in [3.63, 3.8) is 0 Å². The topological polar surface area (TPSA) is 50.1 Å². The summed E-state index contributed by atoms with van der Waals surface area (Å²) in [5.41, 5.74) is 2.08. The Bertz CT molecular complexity index is 1010. The minimum Gasteiger partial charge on any atom is -0.298 e. The van der Waals surface area contributed by atoms with E-state index in [1.165, 1.54) is 37.8 Å². The molecule has 5 rings (SSSR count). The fourth-order valence-corrected chi connectivity index (χ4v) is 5.21. The van der Waals surface area contributed by atoms with Crippen molar-refractivity contribution in [2.75, 3.05) is 26.2 Å². The molecule has 2 aliphatic rings. The quantitative estimate of drug-likeness (QED) is 0.559. The number of halogens is 2. The van der Waals surface area contributed by atoms with Gasteiger partial charge in [-0.2, -0.15) is 0 Å². The van der Waals surface area contributed by atoms with Crippen LogP contribution in [-0.4, -0.2) is 62.2 Å². The molecule has 2 fully saturated rings. The molecule has 32 heavy (non-hydrogen) atoms. The number of rotatable bonds is 6. The molecule has 0 N–H and O–H groups in total. The van der Waals surface area contributed by atoms with Gasteiger partial charge in [-0.05, 0) is 58.7 Å². The molecule has 1 atom stereocenters. The van der Waals surface area contributed by atoms with E-state index in [-0.39, 0.29) is 11.9 Å². The SMILES string of the molecule is Fc1ccc(Cn2nnnc2[C@@H](c2ccc(Cl)cc2)N2CCN(C3CCCC3)CC2)cc1. The van der Waals surface area contributed by atoms with E-state index in [9.17, 15) is 4.39 Å². The van der Waals surface area contributed by atoms with Crippen molar-refractivity contribution in [3.8, 4) is 0 Å². The maximum Gasteiger partial charge on any atom is 0.173 e. The standard InChI is InChI=1S/C24H28ClFN6/c25-20-9-7-19(8-10-20)23(31-15-13-30(14-16-31)22-3-1-2-4-22)24-27-28-29-32(24)17-18-5-11-21(26)12-6-18/h5-12,22-23H,1-4,13-17H2/t23-/m1/s1. The molecule has 1 aliphatic carbocycles. The van der Waals surface area contributed by atoms with Crippen molar-refractivity contribution in [1.82, 2.24) is 30.0 Å². The van der Waals surface area contributed by atoms with E-state index in [0.717, 1.165) is 49.2 Å². The van der Waals surface area contributed by atoms with E-state index < -0.39 is 0 Å². The van der Waals surface area contributed by atoms with E-state index >= 15 is 0 Å². The molecule has 0 bridgehead atoms. The first kappa shape index (κ1) is 21.5. The van der Waals surface area contributed by atoms with Crippen molar-refractivity contribution in [2.24, 2.45) is 0 Å². The fraction of sp³-hybridized carbons (Fsp3) is 0.458. The van der Waals surface area contributed by atoms with Crippen LogP contribution in [0.2, 0.25) is 5.02 Å². The molecule has 168 valence electrons. The molecule has 0 amide bonds. The van der Waals surface area contributed by atoms with Gasteiger partial charge in [0, 0.05) is 37.2 Å². The number of piperazine rings is 1. The van der Waals surface area contributed by atoms with Gasteiger partial charge in [-0.15, -0.1) is 5.10 Å². The largest absolute Gasteiger partial charge is 0.298 e. The highest BCUT2D eigenvalue weighted by Crippen LogP contribution is 2.31. The highest BCUT2D eigenvalue weighted by Gasteiger charge is 2.33. The zero-order valence-corrected chi connectivity index (χ0v) is 18.8. The predicted molar refractivity (Wildman–Crippen MR) is 122 cm³/mol. The molecular formula is C24H28ClFN6. The third-order valence-corrected chi connectivity index (χ3v) is 7.04. The molecule has 0 spiro atoms. The summed E-state index contributed by atoms with van der Waals surface area (Å²) in [5, 5.41) is 13.4. The Morgan fingerprint density at radius 2 is 1.62 bits per heavy atom. The molecule has 1 aromatic heterocycles. The van der Waals surface area contributed by atoms with Gasteiger partial charge in [0.1, 0.15) is 5.82 Å². The zero-order chi connectivity index (χ0) is 21.9. The van der Waals surface area contributed by atoms with Crippen LogP contribution in [0.15, 0.2) is 48.5 Å². The van der Waals surface area contributed by atoms with E-state index in [0.29, 0.717) is 11.6 Å². The lowest BCUT2D eigenvalue weighted by Gasteiger charge is -2.41. The van der Waals surface area contributed by atoms with Gasteiger partial charge in [-0.25, -0.2) is 9.07 Å². The minimum atomic E-state index is -0.245. The lowest BCUT2D eigenvalue weighted by molar-refractivity contribution is 0.0771. The van der Waals surface area contributed by atoms with Crippen LogP contribution in [0.3, 0.4) is 0 Å². The highest BCUT2D eigenvalue weighted by atomic mass is 35.5. The molecule has 0 unspecified atom stereocenters. The Morgan fingerprint density at radius 3 is 2.31 bits per heavy atom. The van der Waals surface area contributed by atoms with E-state index in [1.807, 2.05) is 16.8 Å². The van der Waals surface area contributed by atoms with Crippen LogP contribution in [0.4, 0.5) is 4.39 Å². The van der Waals surface area contributed by atoms with Crippen molar-refractivity contribution in [1.29, 1.82) is 0 Å². The lowest BCUT2D eigenvalue weighted by atomic mass is 10.0. The first-order valence-corrected chi connectivity index (χ1v) is 11.8. The summed E-state index contributed by atoms with van der Waals surface area (Å²) < 4.78 is 15.2. The van der Waals surface area contributed by atoms with Gasteiger partial charge in [-0.1, -0.05) is 48.7 Å². The summed E-state index contributed by atoms with van der Waals surface area (Å²) in [4.78, 5) is 5.13. The Kier molecular flexibility index (Phi) is 6.48. The van der Waals surface area contributed by atoms with Gasteiger partial charge in [-0.3, -0.25) is 9.80 Å². The second-order valence-corrected chi connectivity index (χ2v) is 9.22. The van der Waals surface area contributed by atoms with Gasteiger partial charge in [0.15, 0.2) is 5.82 Å². The molecule has 2 heterocycles. The Balaban J connectivity index is 1.41. The molecule has 1 saturated heterocycles. The van der Waals surface area contributed by atoms with E-state index in [2.05, 4.69) is 37.5 Å². The number of aromatic nitrogens is 4. The average molecular weight is 455 g/mol. The Labute approximate surface area is 193 Å². The van der Waals surface area contributed by atoms with Crippen LogP contribution in [0.1, 0.15) is 48.7 Å². The van der Waals surface area contributed by atoms with Crippen LogP contribution < -0.4 is 0 Å². The fourth-order valence-electron chi connectivity index (χ4n) is 5.08. The zero-order valence-electron chi connectivity index (χ0n) is 18.1. The van der Waals surface area contributed by atoms with Gasteiger partial charge in [0.2, 0.25) is 0 Å². The van der Waals surface area contributed by atoms with Crippen molar-refractivity contribution < 1.29 is 4.39 Å². The minimum absolute atomic E-state index is 0.0616. The summed E-state index contributed by atoms with van der Waals surface area (Å²) >= 11 is 6.17. The van der Waals surface area contributed by atoms with Crippen LogP contribution in [0.5, 0.6) is 0 Å². The second-order valence-electron chi connectivity index (χ2n) is 8.79. The molecular weight excluding hydrogens is 427 g/mol. The average Bonchev–Trinajstić information content (AvgIpc) is 3.50. The van der Waals surface area contributed by atoms with Crippen LogP contribution in [0.25, 0.3) is 0 Å². The third-order valence-electron chi connectivity index (χ3n) is 6.79. The number of nitrogens with zero attached hydrogens (tertiary/aromatic N) is 6. The molecule has 1 saturated carbocycles. The van der Waals surface area contributed by atoms with E-state index in [4.69, 9.17) is 11.6 Å². The third kappa shape index (κ3) is 4.70. The first-order valence-electron chi connectivity index (χ1n) is 11.4. The first-order chi connectivity index (χ1) is 15.7. The second kappa shape index (κ2) is 9.65. The van der Waals surface area contributed by atoms with E-state index in [1.54, 1.807) is 12.1 Å². The number of hydrogen-bond acceptors (Lipinski definition) is 5. The van der Waals surface area contributed by atoms with Crippen LogP contribution >= 0.6 is 11.6 Å². The monoisotopic (exact) mass is 454 g/mol. The van der Waals surface area contributed by atoms with Crippen molar-refractivity contribution in [3.05, 3.63) is 76.3 Å². The lowest BCUT2D eigenvalue weighted by Crippen LogP contribution is -2.51. The smallest absolute Gasteiger partial charge is 0.173 e. The maximum atomic E-state index is 13.3. The van der Waals surface area contributed by atoms with Gasteiger partial charge < -0.3 is 0 Å². The van der Waals surface area contributed by atoms with Gasteiger partial charge in [0.25, 0.3) is 0 Å². The summed E-state index contributed by atoms with van der Waals surface area (Å²) in [6.07, 6.45) is 5.37. The summed E-state index contributed by atoms with van der Waals surface area (Å²) in [6, 6.07) is 15.1. The molecule has 3 aromatic rings. The predicted octanol–water partition coefficient (Wildman–Crippen LogP) is 4.16. The van der Waals surface area contributed by atoms with Gasteiger partial charge >= 0.3 is 0 Å². The molecule has 0 radical (unpaired) electrons. The van der Waals surface area contributed by atoms with Crippen LogP contribution in [-0.2, 0) is 6.54 Å². The summed E-state index contributed by atoms with van der Waals surface area (Å²) in [5.74, 6) is 0.552. The number of hydrogen-bond donors (Lipinski definition) is 0. The number of tetrazole rings is 1. The molecule has 2 aromatic carbocycles. The maximum absolute atomic E-state index is 13.3. The van der Waals surface area contributed by atoms with Gasteiger partial charge in [0.05, 0.1) is 12.6 Å². The normalized spacial score (nSPS) is 19.4. The van der Waals surface area contributed by atoms with Crippen molar-refractivity contribution >= 4 is 11.6 Å². The summed E-state index contributed by atoms with van der Waals surface area (Å²) in [6.45, 7) is 4.55. The number of benzene rings is 2. The molecule has 1 aliphatic heterocycles. The molecule has 6 nitrogen and oxygen atoms in total. The van der Waals surface area contributed by atoms with Crippen LogP contribution in [0, 0.1) is 5.82 Å². The highest BCUT2D eigenvalue weighted by molar-refractivity contribution is 6.30. The van der Waals surface area contributed by atoms with Crippen molar-refractivity contribution in [2.45, 2.75) is 44.3 Å². The Morgan fingerprint density at radius 1 is 0.938 bits per heavy atom. The molecule has 8 heteroatoms.